The number of imidazole rings is 1. The number of benzene rings is 1. The van der Waals surface area contributed by atoms with E-state index in [0.717, 1.165) is 0 Å². The zero-order valence-corrected chi connectivity index (χ0v) is 10.5. The van der Waals surface area contributed by atoms with E-state index in [1.807, 2.05) is 0 Å². The fourth-order valence-corrected chi connectivity index (χ4v) is 1.96. The van der Waals surface area contributed by atoms with E-state index in [-0.39, 0.29) is 17.2 Å². The first-order valence-electron chi connectivity index (χ1n) is 5.90. The molecule has 0 unspecified atom stereocenters. The molecule has 0 fully saturated rings. The number of rotatable bonds is 2. The van der Waals surface area contributed by atoms with E-state index in [1.54, 1.807) is 35.9 Å². The van der Waals surface area contributed by atoms with Gasteiger partial charge in [0.1, 0.15) is 5.82 Å². The van der Waals surface area contributed by atoms with Crippen molar-refractivity contribution >= 4 is 11.6 Å². The number of aromatic carboxylic acids is 1. The van der Waals surface area contributed by atoms with Gasteiger partial charge < -0.3 is 9.51 Å². The molecule has 0 aliphatic carbocycles. The van der Waals surface area contributed by atoms with Crippen molar-refractivity contribution < 1.29 is 14.3 Å². The molecule has 100 valence electrons. The predicted molar refractivity (Wildman–Crippen MR) is 70.1 cm³/mol. The Labute approximate surface area is 113 Å². The fraction of sp³-hybridized carbons (Fsp3) is 0.0714. The zero-order chi connectivity index (χ0) is 14.3. The minimum atomic E-state index is -1.15. The van der Waals surface area contributed by atoms with Crippen LogP contribution in [0.2, 0.25) is 0 Å². The first-order chi connectivity index (χ1) is 9.56. The standard InChI is InChI=1S/C14H10FN3O2/c1-8-2-3-9(6-10(8)15)11-7-18-5-4-16-12(14(19)20)13(18)17-11/h2-7H,1H3,(H,19,20). The molecule has 0 aliphatic rings. The van der Waals surface area contributed by atoms with E-state index in [4.69, 9.17) is 5.11 Å². The van der Waals surface area contributed by atoms with Crippen molar-refractivity contribution in [1.82, 2.24) is 14.4 Å². The molecule has 0 radical (unpaired) electrons. The lowest BCUT2D eigenvalue weighted by Gasteiger charge is -1.99. The van der Waals surface area contributed by atoms with E-state index in [1.165, 1.54) is 12.3 Å². The molecule has 0 spiro atoms. The van der Waals surface area contributed by atoms with Gasteiger partial charge in [0.2, 0.25) is 0 Å². The van der Waals surface area contributed by atoms with Crippen molar-refractivity contribution in [3.05, 3.63) is 53.9 Å². The molecule has 2 heterocycles. The van der Waals surface area contributed by atoms with Crippen LogP contribution < -0.4 is 0 Å². The van der Waals surface area contributed by atoms with Crippen LogP contribution in [0.1, 0.15) is 16.1 Å². The van der Waals surface area contributed by atoms with Gasteiger partial charge >= 0.3 is 5.97 Å². The SMILES string of the molecule is Cc1ccc(-c2cn3ccnc(C(=O)O)c3n2)cc1F. The van der Waals surface area contributed by atoms with Crippen LogP contribution in [0.4, 0.5) is 4.39 Å². The second-order valence-electron chi connectivity index (χ2n) is 4.40. The van der Waals surface area contributed by atoms with Crippen LogP contribution in [-0.4, -0.2) is 25.4 Å². The molecule has 6 heteroatoms. The van der Waals surface area contributed by atoms with E-state index in [2.05, 4.69) is 9.97 Å². The Kier molecular flexibility index (Phi) is 2.71. The highest BCUT2D eigenvalue weighted by molar-refractivity contribution is 5.92. The number of aryl methyl sites for hydroxylation is 1. The summed E-state index contributed by atoms with van der Waals surface area (Å²) in [6, 6.07) is 4.78. The fourth-order valence-electron chi connectivity index (χ4n) is 1.96. The lowest BCUT2D eigenvalue weighted by Crippen LogP contribution is -2.03. The third-order valence-corrected chi connectivity index (χ3v) is 3.05. The summed E-state index contributed by atoms with van der Waals surface area (Å²) >= 11 is 0. The largest absolute Gasteiger partial charge is 0.476 e. The number of halogens is 1. The Balaban J connectivity index is 2.20. The van der Waals surface area contributed by atoms with Gasteiger partial charge in [0.25, 0.3) is 0 Å². The van der Waals surface area contributed by atoms with Gasteiger partial charge in [-0.3, -0.25) is 0 Å². The summed E-state index contributed by atoms with van der Waals surface area (Å²) < 4.78 is 15.1. The monoisotopic (exact) mass is 271 g/mol. The Morgan fingerprint density at radius 3 is 2.90 bits per heavy atom. The van der Waals surface area contributed by atoms with Gasteiger partial charge in [0.15, 0.2) is 11.3 Å². The Bertz CT molecular complexity index is 826. The average molecular weight is 271 g/mol. The number of aromatic nitrogens is 3. The third kappa shape index (κ3) is 1.91. The highest BCUT2D eigenvalue weighted by Crippen LogP contribution is 2.22. The molecular weight excluding hydrogens is 261 g/mol. The number of carboxylic acids is 1. The Hall–Kier alpha value is -2.76. The van der Waals surface area contributed by atoms with Gasteiger partial charge in [-0.05, 0) is 18.6 Å². The first kappa shape index (κ1) is 12.3. The second-order valence-corrected chi connectivity index (χ2v) is 4.40. The molecule has 1 N–H and O–H groups in total. The first-order valence-corrected chi connectivity index (χ1v) is 5.90. The van der Waals surface area contributed by atoms with E-state index in [9.17, 15) is 9.18 Å². The summed E-state index contributed by atoms with van der Waals surface area (Å²) in [5.41, 5.74) is 1.74. The molecule has 5 nitrogen and oxygen atoms in total. The van der Waals surface area contributed by atoms with Crippen LogP contribution in [0.3, 0.4) is 0 Å². The number of carboxylic acid groups (broad SMARTS) is 1. The van der Waals surface area contributed by atoms with Gasteiger partial charge in [-0.15, -0.1) is 0 Å². The Morgan fingerprint density at radius 2 is 2.20 bits per heavy atom. The average Bonchev–Trinajstić information content (AvgIpc) is 2.85. The maximum atomic E-state index is 13.6. The van der Waals surface area contributed by atoms with Gasteiger partial charge in [-0.1, -0.05) is 12.1 Å². The topological polar surface area (TPSA) is 67.5 Å². The molecule has 0 bridgehead atoms. The van der Waals surface area contributed by atoms with Crippen LogP contribution in [0, 0.1) is 12.7 Å². The van der Waals surface area contributed by atoms with Crippen molar-refractivity contribution in [1.29, 1.82) is 0 Å². The summed E-state index contributed by atoms with van der Waals surface area (Å²) in [6.07, 6.45) is 4.63. The van der Waals surface area contributed by atoms with E-state index in [0.29, 0.717) is 16.8 Å². The summed E-state index contributed by atoms with van der Waals surface area (Å²) in [6.45, 7) is 1.68. The maximum absolute atomic E-state index is 13.6. The van der Waals surface area contributed by atoms with Crippen molar-refractivity contribution in [2.24, 2.45) is 0 Å². The molecule has 0 amide bonds. The van der Waals surface area contributed by atoms with E-state index < -0.39 is 5.97 Å². The van der Waals surface area contributed by atoms with Crippen molar-refractivity contribution in [3.63, 3.8) is 0 Å². The molecule has 3 aromatic rings. The normalized spacial score (nSPS) is 10.9. The summed E-state index contributed by atoms with van der Waals surface area (Å²) in [7, 11) is 0. The minimum Gasteiger partial charge on any atom is -0.476 e. The van der Waals surface area contributed by atoms with Crippen LogP contribution in [-0.2, 0) is 0 Å². The Morgan fingerprint density at radius 1 is 1.40 bits per heavy atom. The summed E-state index contributed by atoms with van der Waals surface area (Å²) in [5, 5.41) is 9.07. The highest BCUT2D eigenvalue weighted by Gasteiger charge is 2.14. The highest BCUT2D eigenvalue weighted by atomic mass is 19.1. The molecule has 3 rings (SSSR count). The van der Waals surface area contributed by atoms with Crippen molar-refractivity contribution in [2.45, 2.75) is 6.92 Å². The summed E-state index contributed by atoms with van der Waals surface area (Å²) in [5.74, 6) is -1.47. The molecule has 0 atom stereocenters. The molecule has 1 aromatic carbocycles. The predicted octanol–water partition coefficient (Wildman–Crippen LogP) is 2.54. The van der Waals surface area contributed by atoms with Crippen molar-refractivity contribution in [3.8, 4) is 11.3 Å². The number of nitrogens with zero attached hydrogens (tertiary/aromatic N) is 3. The quantitative estimate of drug-likeness (QED) is 0.777. The zero-order valence-electron chi connectivity index (χ0n) is 10.5. The molecule has 2 aromatic heterocycles. The van der Waals surface area contributed by atoms with Crippen LogP contribution in [0.5, 0.6) is 0 Å². The number of hydrogen-bond acceptors (Lipinski definition) is 3. The molecule has 0 saturated carbocycles. The molecule has 0 aliphatic heterocycles. The van der Waals surface area contributed by atoms with Crippen LogP contribution in [0.15, 0.2) is 36.8 Å². The molecular formula is C14H10FN3O2. The van der Waals surface area contributed by atoms with Crippen LogP contribution in [0.25, 0.3) is 16.9 Å². The third-order valence-electron chi connectivity index (χ3n) is 3.05. The van der Waals surface area contributed by atoms with Gasteiger partial charge in [-0.25, -0.2) is 19.2 Å². The smallest absolute Gasteiger partial charge is 0.358 e. The second kappa shape index (κ2) is 4.41. The number of carbonyl (C=O) groups is 1. The molecule has 0 saturated heterocycles. The number of hydrogen-bond donors (Lipinski definition) is 1. The minimum absolute atomic E-state index is 0.133. The van der Waals surface area contributed by atoms with Gasteiger partial charge in [0.05, 0.1) is 5.69 Å². The van der Waals surface area contributed by atoms with E-state index >= 15 is 0 Å². The lowest BCUT2D eigenvalue weighted by molar-refractivity contribution is 0.0692. The van der Waals surface area contributed by atoms with Gasteiger partial charge in [-0.2, -0.15) is 0 Å². The van der Waals surface area contributed by atoms with Crippen LogP contribution >= 0.6 is 0 Å². The van der Waals surface area contributed by atoms with Crippen molar-refractivity contribution in [2.75, 3.05) is 0 Å². The van der Waals surface area contributed by atoms with Gasteiger partial charge in [0, 0.05) is 24.2 Å². The lowest BCUT2D eigenvalue weighted by atomic mass is 10.1. The molecule has 20 heavy (non-hydrogen) atoms. The maximum Gasteiger partial charge on any atom is 0.358 e. The number of fused-ring (bicyclic) bond motifs is 1. The summed E-state index contributed by atoms with van der Waals surface area (Å²) in [4.78, 5) is 19.1.